The van der Waals surface area contributed by atoms with Gasteiger partial charge in [-0.05, 0) is 38.6 Å². The Morgan fingerprint density at radius 2 is 2.33 bits per heavy atom. The van der Waals surface area contributed by atoms with E-state index in [2.05, 4.69) is 10.6 Å². The lowest BCUT2D eigenvalue weighted by Crippen LogP contribution is -2.59. The number of nitrogens with one attached hydrogen (secondary N) is 2. The van der Waals surface area contributed by atoms with E-state index >= 15 is 0 Å². The summed E-state index contributed by atoms with van der Waals surface area (Å²) < 4.78 is 1.51. The molecule has 1 unspecified atom stereocenters. The van der Waals surface area contributed by atoms with Gasteiger partial charge in [0.2, 0.25) is 0 Å². The molecule has 114 valence electrons. The van der Waals surface area contributed by atoms with Crippen LogP contribution in [0.25, 0.3) is 0 Å². The molecule has 0 radical (unpaired) electrons. The SMILES string of the molecule is Cn1cc([N+](=O)[O-])cc1C(=O)NC1CCNC2(CCC2)C1. The average Bonchev–Trinajstić information content (AvgIpc) is 2.80. The molecule has 2 aliphatic rings. The number of carbonyl (C=O) groups excluding carboxylic acids is 1. The first-order valence-electron chi connectivity index (χ1n) is 7.36. The Bertz CT molecular complexity index is 577. The summed E-state index contributed by atoms with van der Waals surface area (Å²) in [6.45, 7) is 0.915. The summed E-state index contributed by atoms with van der Waals surface area (Å²) in [5, 5.41) is 17.4. The van der Waals surface area contributed by atoms with Gasteiger partial charge in [-0.1, -0.05) is 0 Å². The fourth-order valence-corrected chi connectivity index (χ4v) is 3.40. The molecule has 1 aromatic rings. The highest BCUT2D eigenvalue weighted by atomic mass is 16.6. The zero-order valence-corrected chi connectivity index (χ0v) is 12.1. The molecule has 1 atom stereocenters. The lowest BCUT2D eigenvalue weighted by molar-refractivity contribution is -0.384. The predicted molar refractivity (Wildman–Crippen MR) is 77.1 cm³/mol. The van der Waals surface area contributed by atoms with Crippen LogP contribution in [-0.4, -0.2) is 33.5 Å². The molecule has 1 amide bonds. The lowest BCUT2D eigenvalue weighted by Gasteiger charge is -2.48. The lowest BCUT2D eigenvalue weighted by atomic mass is 9.70. The van der Waals surface area contributed by atoms with Crippen molar-refractivity contribution in [3.05, 3.63) is 28.1 Å². The van der Waals surface area contributed by atoms with Gasteiger partial charge in [0.1, 0.15) is 5.69 Å². The summed E-state index contributed by atoms with van der Waals surface area (Å²) in [6.07, 6.45) is 6.82. The zero-order valence-electron chi connectivity index (χ0n) is 12.1. The number of hydrogen-bond donors (Lipinski definition) is 2. The van der Waals surface area contributed by atoms with Gasteiger partial charge in [0.15, 0.2) is 0 Å². The maximum Gasteiger partial charge on any atom is 0.287 e. The van der Waals surface area contributed by atoms with Crippen molar-refractivity contribution in [2.24, 2.45) is 7.05 Å². The molecule has 21 heavy (non-hydrogen) atoms. The molecule has 0 bridgehead atoms. The first kappa shape index (κ1) is 14.1. The van der Waals surface area contributed by atoms with Crippen molar-refractivity contribution in [2.75, 3.05) is 6.54 Å². The topological polar surface area (TPSA) is 89.2 Å². The summed E-state index contributed by atoms with van der Waals surface area (Å²) in [4.78, 5) is 22.6. The van der Waals surface area contributed by atoms with Gasteiger partial charge in [-0.2, -0.15) is 0 Å². The van der Waals surface area contributed by atoms with E-state index in [0.717, 1.165) is 19.4 Å². The second-order valence-electron chi connectivity index (χ2n) is 6.18. The van der Waals surface area contributed by atoms with Gasteiger partial charge in [-0.3, -0.25) is 14.9 Å². The van der Waals surface area contributed by atoms with E-state index in [9.17, 15) is 14.9 Å². The van der Waals surface area contributed by atoms with E-state index in [1.807, 2.05) is 0 Å². The van der Waals surface area contributed by atoms with Crippen molar-refractivity contribution in [3.8, 4) is 0 Å². The Morgan fingerprint density at radius 1 is 1.57 bits per heavy atom. The number of piperidine rings is 1. The third kappa shape index (κ3) is 2.65. The summed E-state index contributed by atoms with van der Waals surface area (Å²) in [7, 11) is 1.65. The molecule has 7 heteroatoms. The van der Waals surface area contributed by atoms with Crippen LogP contribution in [0.1, 0.15) is 42.6 Å². The molecular weight excluding hydrogens is 272 g/mol. The van der Waals surface area contributed by atoms with Gasteiger partial charge in [-0.25, -0.2) is 0 Å². The Balaban J connectivity index is 1.67. The van der Waals surface area contributed by atoms with Gasteiger partial charge in [0.25, 0.3) is 11.6 Å². The van der Waals surface area contributed by atoms with E-state index in [4.69, 9.17) is 0 Å². The molecule has 1 saturated carbocycles. The van der Waals surface area contributed by atoms with E-state index < -0.39 is 4.92 Å². The maximum absolute atomic E-state index is 12.3. The largest absolute Gasteiger partial charge is 0.348 e. The van der Waals surface area contributed by atoms with Crippen molar-refractivity contribution >= 4 is 11.6 Å². The van der Waals surface area contributed by atoms with Crippen molar-refractivity contribution in [1.82, 2.24) is 15.2 Å². The van der Waals surface area contributed by atoms with E-state index in [1.165, 1.54) is 36.1 Å². The molecule has 2 heterocycles. The first-order valence-corrected chi connectivity index (χ1v) is 7.36. The van der Waals surface area contributed by atoms with Crippen LogP contribution in [0, 0.1) is 10.1 Å². The highest BCUT2D eigenvalue weighted by molar-refractivity contribution is 5.93. The van der Waals surface area contributed by atoms with Gasteiger partial charge in [-0.15, -0.1) is 0 Å². The molecule has 1 aromatic heterocycles. The van der Waals surface area contributed by atoms with Crippen molar-refractivity contribution in [1.29, 1.82) is 0 Å². The quantitative estimate of drug-likeness (QED) is 0.650. The first-order chi connectivity index (χ1) is 9.99. The number of nitro groups is 1. The molecule has 7 nitrogen and oxygen atoms in total. The van der Waals surface area contributed by atoms with Crippen LogP contribution >= 0.6 is 0 Å². The van der Waals surface area contributed by atoms with E-state index in [-0.39, 0.29) is 23.2 Å². The Morgan fingerprint density at radius 3 is 2.90 bits per heavy atom. The number of amides is 1. The number of nitrogens with zero attached hydrogens (tertiary/aromatic N) is 2. The van der Waals surface area contributed by atoms with Crippen molar-refractivity contribution in [2.45, 2.75) is 43.7 Å². The van der Waals surface area contributed by atoms with Crippen LogP contribution in [0.5, 0.6) is 0 Å². The van der Waals surface area contributed by atoms with Crippen LogP contribution in [0.2, 0.25) is 0 Å². The van der Waals surface area contributed by atoms with Crippen LogP contribution in [0.3, 0.4) is 0 Å². The standard InChI is InChI=1S/C14H20N4O3/c1-17-9-11(18(20)21)7-12(17)13(19)16-10-3-6-15-14(8-10)4-2-5-14/h7,9-10,15H,2-6,8H2,1H3,(H,16,19). The number of carbonyl (C=O) groups is 1. The van der Waals surface area contributed by atoms with Crippen molar-refractivity contribution in [3.63, 3.8) is 0 Å². The van der Waals surface area contributed by atoms with Crippen LogP contribution < -0.4 is 10.6 Å². The monoisotopic (exact) mass is 292 g/mol. The minimum Gasteiger partial charge on any atom is -0.348 e. The van der Waals surface area contributed by atoms with Crippen molar-refractivity contribution < 1.29 is 9.72 Å². The van der Waals surface area contributed by atoms with E-state index in [0.29, 0.717) is 5.69 Å². The van der Waals surface area contributed by atoms with Gasteiger partial charge in [0.05, 0.1) is 11.1 Å². The predicted octanol–water partition coefficient (Wildman–Crippen LogP) is 1.34. The molecule has 0 aromatic carbocycles. The molecule has 1 saturated heterocycles. The number of rotatable bonds is 3. The summed E-state index contributed by atoms with van der Waals surface area (Å²) in [5.74, 6) is -0.230. The van der Waals surface area contributed by atoms with Gasteiger partial charge >= 0.3 is 0 Å². The number of aromatic nitrogens is 1. The Kier molecular flexibility index (Phi) is 3.44. The average molecular weight is 292 g/mol. The molecule has 3 rings (SSSR count). The fourth-order valence-electron chi connectivity index (χ4n) is 3.40. The maximum atomic E-state index is 12.3. The van der Waals surface area contributed by atoms with Gasteiger partial charge in [0, 0.05) is 24.7 Å². The molecule has 2 fully saturated rings. The van der Waals surface area contributed by atoms with Crippen LogP contribution in [0.4, 0.5) is 5.69 Å². The zero-order chi connectivity index (χ0) is 15.0. The highest BCUT2D eigenvalue weighted by Gasteiger charge is 2.41. The highest BCUT2D eigenvalue weighted by Crippen LogP contribution is 2.38. The van der Waals surface area contributed by atoms with Crippen LogP contribution in [-0.2, 0) is 7.05 Å². The molecule has 1 aliphatic carbocycles. The number of hydrogen-bond acceptors (Lipinski definition) is 4. The minimum atomic E-state index is -0.481. The number of aryl methyl sites for hydroxylation is 1. The summed E-state index contributed by atoms with van der Waals surface area (Å²) >= 11 is 0. The van der Waals surface area contributed by atoms with E-state index in [1.54, 1.807) is 7.05 Å². The summed E-state index contributed by atoms with van der Waals surface area (Å²) in [6, 6.07) is 1.48. The normalized spacial score (nSPS) is 23.6. The van der Waals surface area contributed by atoms with Gasteiger partial charge < -0.3 is 15.2 Å². The van der Waals surface area contributed by atoms with Crippen LogP contribution in [0.15, 0.2) is 12.3 Å². The second kappa shape index (κ2) is 5.14. The fraction of sp³-hybridized carbons (Fsp3) is 0.643. The molecule has 2 N–H and O–H groups in total. The third-order valence-corrected chi connectivity index (χ3v) is 4.71. The minimum absolute atomic E-state index is 0.0524. The molecular formula is C14H20N4O3. The Labute approximate surface area is 122 Å². The second-order valence-corrected chi connectivity index (χ2v) is 6.18. The smallest absolute Gasteiger partial charge is 0.287 e. The third-order valence-electron chi connectivity index (χ3n) is 4.71. The molecule has 1 aliphatic heterocycles. The summed E-state index contributed by atoms with van der Waals surface area (Å²) in [5.41, 5.74) is 0.502. The Hall–Kier alpha value is -1.89. The molecule has 1 spiro atoms.